The molecule has 2 aromatic rings. The zero-order valence-corrected chi connectivity index (χ0v) is 16.4. The minimum atomic E-state index is -1.06. The molecule has 2 amide bonds. The summed E-state index contributed by atoms with van der Waals surface area (Å²) in [7, 11) is 3.02. The number of amides is 2. The van der Waals surface area contributed by atoms with E-state index >= 15 is 0 Å². The van der Waals surface area contributed by atoms with Crippen LogP contribution in [0.2, 0.25) is 0 Å². The summed E-state index contributed by atoms with van der Waals surface area (Å²) in [5.74, 6) is -1.03. The van der Waals surface area contributed by atoms with Gasteiger partial charge in [-0.15, -0.1) is 0 Å². The molecule has 0 bridgehead atoms. The second kappa shape index (κ2) is 7.51. The maximum atomic E-state index is 13.2. The van der Waals surface area contributed by atoms with E-state index in [2.05, 4.69) is 5.16 Å². The van der Waals surface area contributed by atoms with Crippen LogP contribution in [0.25, 0.3) is 0 Å². The van der Waals surface area contributed by atoms with E-state index in [9.17, 15) is 14.4 Å². The second-order valence-electron chi connectivity index (χ2n) is 6.65. The first-order valence-corrected chi connectivity index (χ1v) is 9.07. The molecule has 2 aliphatic heterocycles. The summed E-state index contributed by atoms with van der Waals surface area (Å²) in [6.07, 6.45) is -1.06. The minimum Gasteiger partial charge on any atom is -0.497 e. The molecule has 2 atom stereocenters. The van der Waals surface area contributed by atoms with Gasteiger partial charge in [0, 0.05) is 12.5 Å². The molecule has 2 heterocycles. The number of methoxy groups -OCH3 is 2. The number of rotatable bonds is 5. The first-order valence-electron chi connectivity index (χ1n) is 9.07. The highest BCUT2D eigenvalue weighted by Gasteiger charge is 2.56. The van der Waals surface area contributed by atoms with Crippen molar-refractivity contribution in [1.82, 2.24) is 0 Å². The molecule has 0 aliphatic carbocycles. The smallest absolute Gasteiger partial charge is 0.308 e. The van der Waals surface area contributed by atoms with E-state index in [0.29, 0.717) is 34.2 Å². The van der Waals surface area contributed by atoms with Crippen LogP contribution in [-0.4, -0.2) is 43.8 Å². The molecule has 154 valence electrons. The van der Waals surface area contributed by atoms with Gasteiger partial charge in [0.25, 0.3) is 5.91 Å². The zero-order valence-electron chi connectivity index (χ0n) is 16.4. The molecule has 0 unspecified atom stereocenters. The number of anilines is 1. The van der Waals surface area contributed by atoms with E-state index in [4.69, 9.17) is 19.0 Å². The van der Waals surface area contributed by atoms with Gasteiger partial charge in [0.2, 0.25) is 12.0 Å². The van der Waals surface area contributed by atoms with Crippen molar-refractivity contribution in [2.75, 3.05) is 19.1 Å². The normalized spacial score (nSPS) is 19.8. The Labute approximate surface area is 171 Å². The highest BCUT2D eigenvalue weighted by Crippen LogP contribution is 2.38. The molecule has 9 nitrogen and oxygen atoms in total. The summed E-state index contributed by atoms with van der Waals surface area (Å²) < 4.78 is 15.6. The van der Waals surface area contributed by atoms with Gasteiger partial charge < -0.3 is 19.0 Å². The quantitative estimate of drug-likeness (QED) is 0.421. The molecule has 0 saturated carbocycles. The fourth-order valence-corrected chi connectivity index (χ4v) is 3.50. The Hall–Kier alpha value is -3.88. The fraction of sp³-hybridized carbons (Fsp3) is 0.238. The third-order valence-corrected chi connectivity index (χ3v) is 4.85. The van der Waals surface area contributed by atoms with Crippen LogP contribution < -0.4 is 19.1 Å². The van der Waals surface area contributed by atoms with Crippen LogP contribution in [0.15, 0.2) is 47.6 Å². The molecule has 0 aromatic heterocycles. The fourth-order valence-electron chi connectivity index (χ4n) is 3.50. The van der Waals surface area contributed by atoms with E-state index < -0.39 is 29.8 Å². The number of carbonyl (C=O) groups excluding carboxylic acids is 3. The Morgan fingerprint density at radius 3 is 2.33 bits per heavy atom. The standard InChI is InChI=1S/C21H18N2O7/c1-11(24)29-13-6-4-12(5-7-13)23-20(25)17-18(22-30-19(17)21(23)26)15-10-14(27-2)8-9-16(15)28-3/h4-10,17,19H,1-3H3/t17-,19+/m0/s1. The van der Waals surface area contributed by atoms with Crippen molar-refractivity contribution in [2.24, 2.45) is 11.1 Å². The lowest BCUT2D eigenvalue weighted by Crippen LogP contribution is -2.33. The van der Waals surface area contributed by atoms with Gasteiger partial charge in [0.15, 0.2) is 0 Å². The highest BCUT2D eigenvalue weighted by atomic mass is 16.7. The Morgan fingerprint density at radius 1 is 1.00 bits per heavy atom. The van der Waals surface area contributed by atoms with Gasteiger partial charge in [-0.2, -0.15) is 0 Å². The van der Waals surface area contributed by atoms with Crippen molar-refractivity contribution >= 4 is 29.2 Å². The Kier molecular flexibility index (Phi) is 4.86. The molecule has 9 heteroatoms. The van der Waals surface area contributed by atoms with E-state index in [-0.39, 0.29) is 0 Å². The number of benzene rings is 2. The number of carbonyl (C=O) groups is 3. The monoisotopic (exact) mass is 410 g/mol. The van der Waals surface area contributed by atoms with Gasteiger partial charge in [-0.25, -0.2) is 4.90 Å². The molecule has 1 saturated heterocycles. The maximum absolute atomic E-state index is 13.2. The molecule has 0 N–H and O–H groups in total. The van der Waals surface area contributed by atoms with E-state index in [0.717, 1.165) is 4.90 Å². The summed E-state index contributed by atoms with van der Waals surface area (Å²) in [5, 5.41) is 4.01. The minimum absolute atomic E-state index is 0.299. The number of nitrogens with zero attached hydrogens (tertiary/aromatic N) is 2. The molecule has 30 heavy (non-hydrogen) atoms. The van der Waals surface area contributed by atoms with Crippen molar-refractivity contribution in [3.05, 3.63) is 48.0 Å². The van der Waals surface area contributed by atoms with Crippen molar-refractivity contribution in [3.63, 3.8) is 0 Å². The molecule has 0 radical (unpaired) electrons. The van der Waals surface area contributed by atoms with Crippen LogP contribution >= 0.6 is 0 Å². The van der Waals surface area contributed by atoms with Crippen molar-refractivity contribution < 1.29 is 33.4 Å². The van der Waals surface area contributed by atoms with Gasteiger partial charge >= 0.3 is 5.97 Å². The Balaban J connectivity index is 1.66. The van der Waals surface area contributed by atoms with Gasteiger partial charge in [-0.05, 0) is 42.5 Å². The summed E-state index contributed by atoms with van der Waals surface area (Å²) >= 11 is 0. The molecule has 0 spiro atoms. The van der Waals surface area contributed by atoms with Crippen molar-refractivity contribution in [1.29, 1.82) is 0 Å². The summed E-state index contributed by atoms with van der Waals surface area (Å²) in [4.78, 5) is 43.5. The van der Waals surface area contributed by atoms with Gasteiger partial charge in [0.05, 0.1) is 19.9 Å². The third-order valence-electron chi connectivity index (χ3n) is 4.85. The second-order valence-corrected chi connectivity index (χ2v) is 6.65. The Morgan fingerprint density at radius 2 is 1.70 bits per heavy atom. The predicted molar refractivity (Wildman–Crippen MR) is 105 cm³/mol. The summed E-state index contributed by atoms with van der Waals surface area (Å²) in [6.45, 7) is 1.29. The first-order chi connectivity index (χ1) is 14.4. The van der Waals surface area contributed by atoms with E-state index in [1.165, 1.54) is 45.4 Å². The topological polar surface area (TPSA) is 104 Å². The summed E-state index contributed by atoms with van der Waals surface area (Å²) in [5.41, 5.74) is 1.15. The number of esters is 1. The number of fused-ring (bicyclic) bond motifs is 1. The molecule has 2 aliphatic rings. The van der Waals surface area contributed by atoms with Gasteiger partial charge in [-0.1, -0.05) is 5.16 Å². The SMILES string of the molecule is COc1ccc(OC)c(C2=NO[C@H]3C(=O)N(c4ccc(OC(C)=O)cc4)C(=O)[C@@H]23)c1. The number of hydrogen-bond donors (Lipinski definition) is 0. The lowest BCUT2D eigenvalue weighted by Gasteiger charge is -2.16. The lowest BCUT2D eigenvalue weighted by molar-refractivity contribution is -0.132. The van der Waals surface area contributed by atoms with Gasteiger partial charge in [-0.3, -0.25) is 14.4 Å². The zero-order chi connectivity index (χ0) is 21.4. The van der Waals surface area contributed by atoms with Crippen LogP contribution in [0, 0.1) is 5.92 Å². The van der Waals surface area contributed by atoms with E-state index in [1.54, 1.807) is 18.2 Å². The molecular weight excluding hydrogens is 392 g/mol. The predicted octanol–water partition coefficient (Wildman–Crippen LogP) is 1.92. The number of oxime groups is 1. The third kappa shape index (κ3) is 3.14. The van der Waals surface area contributed by atoms with Crippen molar-refractivity contribution in [3.8, 4) is 17.2 Å². The van der Waals surface area contributed by atoms with Crippen LogP contribution in [0.3, 0.4) is 0 Å². The average Bonchev–Trinajstić information content (AvgIpc) is 3.28. The van der Waals surface area contributed by atoms with E-state index in [1.807, 2.05) is 0 Å². The number of imide groups is 1. The number of ether oxygens (including phenoxy) is 3. The largest absolute Gasteiger partial charge is 0.497 e. The molecule has 1 fully saturated rings. The molecular formula is C21H18N2O7. The summed E-state index contributed by atoms with van der Waals surface area (Å²) in [6, 6.07) is 11.2. The number of hydrogen-bond acceptors (Lipinski definition) is 8. The van der Waals surface area contributed by atoms with Gasteiger partial charge in [0.1, 0.15) is 28.9 Å². The van der Waals surface area contributed by atoms with Crippen LogP contribution in [0.5, 0.6) is 17.2 Å². The highest BCUT2D eigenvalue weighted by molar-refractivity contribution is 6.32. The average molecular weight is 410 g/mol. The lowest BCUT2D eigenvalue weighted by atomic mass is 9.93. The molecule has 4 rings (SSSR count). The first kappa shape index (κ1) is 19.4. The molecule has 2 aromatic carbocycles. The van der Waals surface area contributed by atoms with Crippen molar-refractivity contribution in [2.45, 2.75) is 13.0 Å². The maximum Gasteiger partial charge on any atom is 0.308 e. The van der Waals surface area contributed by atoms with Crippen LogP contribution in [0.4, 0.5) is 5.69 Å². The Bertz CT molecular complexity index is 1060. The van der Waals surface area contributed by atoms with Crippen LogP contribution in [0.1, 0.15) is 12.5 Å². The van der Waals surface area contributed by atoms with Crippen LogP contribution in [-0.2, 0) is 19.2 Å².